The van der Waals surface area contributed by atoms with Crippen LogP contribution in [0.25, 0.3) is 0 Å². The maximum atomic E-state index is 12.1. The van der Waals surface area contributed by atoms with Gasteiger partial charge in [0, 0.05) is 12.1 Å². The molecule has 21 heavy (non-hydrogen) atoms. The normalized spacial score (nSPS) is 14.3. The monoisotopic (exact) mass is 304 g/mol. The maximum absolute atomic E-state index is 12.1. The van der Waals surface area contributed by atoms with Crippen LogP contribution in [0.5, 0.6) is 0 Å². The lowest BCUT2D eigenvalue weighted by Crippen LogP contribution is -2.33. The molecule has 0 atom stereocenters. The SMILES string of the molecule is C=CCNC(=O)c1sc(NC(C)(C)C2CC2)c(C#N)c1N. The zero-order valence-corrected chi connectivity index (χ0v) is 13.1. The Hall–Kier alpha value is -2.00. The Morgan fingerprint density at radius 2 is 2.29 bits per heavy atom. The van der Waals surface area contributed by atoms with Gasteiger partial charge < -0.3 is 16.4 Å². The molecule has 0 radical (unpaired) electrons. The molecule has 1 heterocycles. The molecule has 1 aromatic rings. The molecule has 0 aromatic carbocycles. The number of nitrogen functional groups attached to an aromatic ring is 1. The molecule has 0 saturated heterocycles. The van der Waals surface area contributed by atoms with Crippen LogP contribution in [0.15, 0.2) is 12.7 Å². The average molecular weight is 304 g/mol. The van der Waals surface area contributed by atoms with Crippen molar-refractivity contribution >= 4 is 27.9 Å². The van der Waals surface area contributed by atoms with Crippen molar-refractivity contribution in [2.75, 3.05) is 17.6 Å². The van der Waals surface area contributed by atoms with Crippen molar-refractivity contribution in [1.29, 1.82) is 5.26 Å². The third-order valence-corrected chi connectivity index (χ3v) is 4.82. The van der Waals surface area contributed by atoms with E-state index in [4.69, 9.17) is 5.73 Å². The summed E-state index contributed by atoms with van der Waals surface area (Å²) in [6.07, 6.45) is 3.98. The lowest BCUT2D eigenvalue weighted by atomic mass is 9.99. The summed E-state index contributed by atoms with van der Waals surface area (Å²) in [5.41, 5.74) is 6.47. The van der Waals surface area contributed by atoms with Crippen LogP contribution >= 0.6 is 11.3 Å². The number of anilines is 2. The molecule has 1 saturated carbocycles. The summed E-state index contributed by atoms with van der Waals surface area (Å²) < 4.78 is 0. The molecule has 112 valence electrons. The molecule has 1 aromatic heterocycles. The van der Waals surface area contributed by atoms with Crippen LogP contribution in [-0.4, -0.2) is 18.0 Å². The Balaban J connectivity index is 2.27. The highest BCUT2D eigenvalue weighted by Crippen LogP contribution is 2.44. The van der Waals surface area contributed by atoms with Crippen LogP contribution in [-0.2, 0) is 0 Å². The first-order valence-electron chi connectivity index (χ1n) is 6.90. The lowest BCUT2D eigenvalue weighted by molar-refractivity contribution is 0.0963. The molecule has 0 aliphatic heterocycles. The summed E-state index contributed by atoms with van der Waals surface area (Å²) in [5.74, 6) is 0.330. The Labute approximate surface area is 128 Å². The fourth-order valence-electron chi connectivity index (χ4n) is 2.26. The Morgan fingerprint density at radius 1 is 1.62 bits per heavy atom. The van der Waals surface area contributed by atoms with Gasteiger partial charge in [0.25, 0.3) is 5.91 Å². The molecule has 1 fully saturated rings. The Kier molecular flexibility index (Phi) is 4.24. The van der Waals surface area contributed by atoms with Crippen molar-refractivity contribution in [2.45, 2.75) is 32.2 Å². The maximum Gasteiger partial charge on any atom is 0.263 e. The van der Waals surface area contributed by atoms with Gasteiger partial charge in [0.2, 0.25) is 0 Å². The van der Waals surface area contributed by atoms with Gasteiger partial charge in [-0.25, -0.2) is 0 Å². The second-order valence-corrected chi connectivity index (χ2v) is 6.80. The second-order valence-electron chi connectivity index (χ2n) is 5.78. The van der Waals surface area contributed by atoms with Gasteiger partial charge in [0.15, 0.2) is 0 Å². The van der Waals surface area contributed by atoms with Crippen LogP contribution in [0.2, 0.25) is 0 Å². The molecule has 6 heteroatoms. The molecule has 1 aliphatic rings. The first-order valence-corrected chi connectivity index (χ1v) is 7.72. The highest BCUT2D eigenvalue weighted by molar-refractivity contribution is 7.19. The number of thiophene rings is 1. The predicted molar refractivity (Wildman–Crippen MR) is 86.4 cm³/mol. The van der Waals surface area contributed by atoms with E-state index in [0.29, 0.717) is 27.9 Å². The second kappa shape index (κ2) is 5.78. The van der Waals surface area contributed by atoms with E-state index in [1.807, 2.05) is 0 Å². The number of amides is 1. The van der Waals surface area contributed by atoms with Gasteiger partial charge >= 0.3 is 0 Å². The van der Waals surface area contributed by atoms with E-state index in [-0.39, 0.29) is 17.1 Å². The Morgan fingerprint density at radius 3 is 2.81 bits per heavy atom. The number of hydrogen-bond acceptors (Lipinski definition) is 5. The van der Waals surface area contributed by atoms with Crippen LogP contribution in [0.4, 0.5) is 10.7 Å². The van der Waals surface area contributed by atoms with Crippen LogP contribution in [0.1, 0.15) is 41.9 Å². The zero-order valence-electron chi connectivity index (χ0n) is 12.3. The summed E-state index contributed by atoms with van der Waals surface area (Å²) in [5, 5.41) is 16.1. The van der Waals surface area contributed by atoms with Crippen LogP contribution in [0.3, 0.4) is 0 Å². The van der Waals surface area contributed by atoms with Crippen molar-refractivity contribution in [3.05, 3.63) is 23.1 Å². The minimum atomic E-state index is -0.272. The number of nitrogens with two attached hydrogens (primary N) is 1. The molecule has 2 rings (SSSR count). The first kappa shape index (κ1) is 15.4. The number of nitriles is 1. The number of hydrogen-bond donors (Lipinski definition) is 3. The van der Waals surface area contributed by atoms with E-state index in [1.54, 1.807) is 6.08 Å². The fraction of sp³-hybridized carbons (Fsp3) is 0.467. The number of carbonyl (C=O) groups excluding carboxylic acids is 1. The van der Waals surface area contributed by atoms with Gasteiger partial charge in [-0.3, -0.25) is 4.79 Å². The van der Waals surface area contributed by atoms with E-state index in [0.717, 1.165) is 0 Å². The minimum Gasteiger partial charge on any atom is -0.396 e. The number of carbonyl (C=O) groups is 1. The molecular formula is C15H20N4OS. The van der Waals surface area contributed by atoms with E-state index in [2.05, 4.69) is 37.1 Å². The topological polar surface area (TPSA) is 90.9 Å². The van der Waals surface area contributed by atoms with Crippen molar-refractivity contribution in [2.24, 2.45) is 5.92 Å². The number of nitrogens with one attached hydrogen (secondary N) is 2. The third-order valence-electron chi connectivity index (χ3n) is 3.70. The predicted octanol–water partition coefficient (Wildman–Crippen LogP) is 2.72. The lowest BCUT2D eigenvalue weighted by Gasteiger charge is -2.26. The molecule has 1 aliphatic carbocycles. The van der Waals surface area contributed by atoms with E-state index >= 15 is 0 Å². The van der Waals surface area contributed by atoms with E-state index in [1.165, 1.54) is 24.2 Å². The van der Waals surface area contributed by atoms with E-state index < -0.39 is 0 Å². The summed E-state index contributed by atoms with van der Waals surface area (Å²) >= 11 is 1.24. The molecule has 0 unspecified atom stereocenters. The van der Waals surface area contributed by atoms with Crippen molar-refractivity contribution in [1.82, 2.24) is 5.32 Å². The van der Waals surface area contributed by atoms with Gasteiger partial charge in [-0.2, -0.15) is 5.26 Å². The molecule has 5 nitrogen and oxygen atoms in total. The number of nitrogens with zero attached hydrogens (tertiary/aromatic N) is 1. The first-order chi connectivity index (χ1) is 9.90. The Bertz CT molecular complexity index is 608. The van der Waals surface area contributed by atoms with Gasteiger partial charge in [0.1, 0.15) is 21.5 Å². The standard InChI is InChI=1S/C15H20N4OS/c1-4-7-18-13(20)12-11(17)10(8-16)14(21-12)19-15(2,3)9-5-6-9/h4,9,19H,1,5-7,17H2,2-3H3,(H,18,20). The van der Waals surface area contributed by atoms with Crippen molar-refractivity contribution in [3.8, 4) is 6.07 Å². The van der Waals surface area contributed by atoms with E-state index in [9.17, 15) is 10.1 Å². The summed E-state index contributed by atoms with van der Waals surface area (Å²) in [7, 11) is 0. The quantitative estimate of drug-likeness (QED) is 0.705. The molecule has 0 spiro atoms. The molecule has 1 amide bonds. The van der Waals surface area contributed by atoms with Crippen molar-refractivity contribution < 1.29 is 4.79 Å². The zero-order chi connectivity index (χ0) is 15.6. The summed E-state index contributed by atoms with van der Waals surface area (Å²) in [4.78, 5) is 12.4. The van der Waals surface area contributed by atoms with Crippen LogP contribution < -0.4 is 16.4 Å². The van der Waals surface area contributed by atoms with Crippen LogP contribution in [0, 0.1) is 17.2 Å². The smallest absolute Gasteiger partial charge is 0.263 e. The van der Waals surface area contributed by atoms with Gasteiger partial charge in [-0.1, -0.05) is 6.08 Å². The average Bonchev–Trinajstić information content (AvgIpc) is 3.23. The molecular weight excluding hydrogens is 284 g/mol. The van der Waals surface area contributed by atoms with Gasteiger partial charge in [-0.05, 0) is 32.6 Å². The highest BCUT2D eigenvalue weighted by Gasteiger charge is 2.38. The largest absolute Gasteiger partial charge is 0.396 e. The number of rotatable bonds is 6. The molecule has 4 N–H and O–H groups in total. The third kappa shape index (κ3) is 3.19. The fourth-order valence-corrected chi connectivity index (χ4v) is 3.41. The minimum absolute atomic E-state index is 0.0994. The summed E-state index contributed by atoms with van der Waals surface area (Å²) in [6, 6.07) is 2.10. The summed E-state index contributed by atoms with van der Waals surface area (Å²) in [6.45, 7) is 8.15. The molecule has 0 bridgehead atoms. The van der Waals surface area contributed by atoms with Crippen molar-refractivity contribution in [3.63, 3.8) is 0 Å². The van der Waals surface area contributed by atoms with Gasteiger partial charge in [0.05, 0.1) is 5.69 Å². The van der Waals surface area contributed by atoms with Gasteiger partial charge in [-0.15, -0.1) is 17.9 Å². The highest BCUT2D eigenvalue weighted by atomic mass is 32.1.